The van der Waals surface area contributed by atoms with Crippen molar-refractivity contribution in [2.75, 3.05) is 11.9 Å². The second-order valence-electron chi connectivity index (χ2n) is 6.96. The number of aromatic amines is 1. The number of carbonyl (C=O) groups is 1. The summed E-state index contributed by atoms with van der Waals surface area (Å²) in [6, 6.07) is 12.9. The number of carbonyl (C=O) groups excluding carboxylic acids is 1. The highest BCUT2D eigenvalue weighted by atomic mass is 35.5. The summed E-state index contributed by atoms with van der Waals surface area (Å²) in [4.78, 5) is 20.5. The fraction of sp³-hybridized carbons (Fsp3) is 0.190. The summed E-state index contributed by atoms with van der Waals surface area (Å²) in [7, 11) is 0. The molecule has 1 fully saturated rings. The lowest BCUT2D eigenvalue weighted by molar-refractivity contribution is 0.102. The number of amides is 1. The van der Waals surface area contributed by atoms with Gasteiger partial charge in [0.25, 0.3) is 5.91 Å². The number of anilines is 1. The highest BCUT2D eigenvalue weighted by Gasteiger charge is 2.21. The molecule has 0 aliphatic carbocycles. The fourth-order valence-electron chi connectivity index (χ4n) is 3.46. The molecule has 29 heavy (non-hydrogen) atoms. The minimum Gasteiger partial charge on any atom is -0.370 e. The highest BCUT2D eigenvalue weighted by molar-refractivity contribution is 6.30. The van der Waals surface area contributed by atoms with E-state index in [2.05, 4.69) is 20.4 Å². The van der Waals surface area contributed by atoms with E-state index in [4.69, 9.17) is 16.3 Å². The first kappa shape index (κ1) is 17.9. The molecule has 2 aromatic carbocycles. The molecule has 0 radical (unpaired) electrons. The fourth-order valence-corrected chi connectivity index (χ4v) is 3.64. The Balaban J connectivity index is 1.34. The number of halogens is 1. The zero-order valence-corrected chi connectivity index (χ0v) is 16.2. The first-order chi connectivity index (χ1) is 14.2. The Morgan fingerprint density at radius 3 is 3.03 bits per heavy atom. The number of imidazole rings is 1. The van der Waals surface area contributed by atoms with E-state index in [1.165, 1.54) is 6.20 Å². The van der Waals surface area contributed by atoms with Crippen molar-refractivity contribution in [1.82, 2.24) is 19.7 Å². The van der Waals surface area contributed by atoms with Gasteiger partial charge in [0.1, 0.15) is 11.9 Å². The standard InChI is InChI=1S/C21H18ClN5O2/c22-14-3-1-4-16(9-14)27-12-13(11-23-27)21(28)24-15-6-7-17-18(10-15)26-20(25-17)19-5-2-8-29-19/h1,3-4,6-7,9-12,19H,2,5,8H2,(H,24,28)(H,25,26). The van der Waals surface area contributed by atoms with E-state index < -0.39 is 0 Å². The lowest BCUT2D eigenvalue weighted by atomic mass is 10.2. The molecule has 1 amide bonds. The number of nitrogens with one attached hydrogen (secondary N) is 2. The molecule has 0 saturated carbocycles. The van der Waals surface area contributed by atoms with Crippen LogP contribution >= 0.6 is 11.6 Å². The maximum absolute atomic E-state index is 12.6. The van der Waals surface area contributed by atoms with Crippen LogP contribution in [0, 0.1) is 0 Å². The van der Waals surface area contributed by atoms with Crippen molar-refractivity contribution in [1.29, 1.82) is 0 Å². The Hall–Kier alpha value is -3.16. The molecule has 0 spiro atoms. The second kappa shape index (κ2) is 7.35. The van der Waals surface area contributed by atoms with Crippen molar-refractivity contribution in [3.63, 3.8) is 0 Å². The normalized spacial score (nSPS) is 16.4. The van der Waals surface area contributed by atoms with Crippen LogP contribution in [-0.4, -0.2) is 32.3 Å². The smallest absolute Gasteiger partial charge is 0.258 e. The number of fused-ring (bicyclic) bond motifs is 1. The third-order valence-corrected chi connectivity index (χ3v) is 5.15. The van der Waals surface area contributed by atoms with Gasteiger partial charge < -0.3 is 15.0 Å². The zero-order chi connectivity index (χ0) is 19.8. The van der Waals surface area contributed by atoms with Crippen LogP contribution in [0.5, 0.6) is 0 Å². The quantitative estimate of drug-likeness (QED) is 0.521. The molecule has 0 bridgehead atoms. The van der Waals surface area contributed by atoms with E-state index in [1.54, 1.807) is 23.0 Å². The van der Waals surface area contributed by atoms with Gasteiger partial charge in [0.2, 0.25) is 0 Å². The zero-order valence-electron chi connectivity index (χ0n) is 15.4. The number of aromatic nitrogens is 4. The maximum Gasteiger partial charge on any atom is 0.258 e. The summed E-state index contributed by atoms with van der Waals surface area (Å²) in [5, 5.41) is 7.77. The van der Waals surface area contributed by atoms with Crippen LogP contribution in [-0.2, 0) is 4.74 Å². The minimum absolute atomic E-state index is 0.0257. The second-order valence-corrected chi connectivity index (χ2v) is 7.40. The van der Waals surface area contributed by atoms with Gasteiger partial charge in [-0.1, -0.05) is 17.7 Å². The van der Waals surface area contributed by atoms with Crippen LogP contribution in [0.3, 0.4) is 0 Å². The molecule has 1 unspecified atom stereocenters. The number of benzene rings is 2. The molecule has 7 nitrogen and oxygen atoms in total. The number of rotatable bonds is 4. The number of hydrogen-bond donors (Lipinski definition) is 2. The van der Waals surface area contributed by atoms with Crippen LogP contribution in [0.15, 0.2) is 54.9 Å². The van der Waals surface area contributed by atoms with Crippen molar-refractivity contribution in [2.24, 2.45) is 0 Å². The largest absolute Gasteiger partial charge is 0.370 e. The van der Waals surface area contributed by atoms with Crippen molar-refractivity contribution in [2.45, 2.75) is 18.9 Å². The van der Waals surface area contributed by atoms with Gasteiger partial charge in [-0.3, -0.25) is 4.79 Å². The third-order valence-electron chi connectivity index (χ3n) is 4.91. The Morgan fingerprint density at radius 2 is 2.21 bits per heavy atom. The molecular weight excluding hydrogens is 390 g/mol. The Bertz CT molecular complexity index is 1190. The Labute approximate surface area is 171 Å². The van der Waals surface area contributed by atoms with E-state index in [-0.39, 0.29) is 12.0 Å². The van der Waals surface area contributed by atoms with Crippen LogP contribution in [0.4, 0.5) is 5.69 Å². The monoisotopic (exact) mass is 407 g/mol. The lowest BCUT2D eigenvalue weighted by Gasteiger charge is -2.04. The third kappa shape index (κ3) is 3.62. The summed E-state index contributed by atoms with van der Waals surface area (Å²) < 4.78 is 7.30. The van der Waals surface area contributed by atoms with Gasteiger partial charge >= 0.3 is 0 Å². The molecular formula is C21H18ClN5O2. The van der Waals surface area contributed by atoms with Crippen molar-refractivity contribution in [3.8, 4) is 5.69 Å². The molecule has 1 atom stereocenters. The van der Waals surface area contributed by atoms with E-state index in [1.807, 2.05) is 30.3 Å². The van der Waals surface area contributed by atoms with Gasteiger partial charge in [-0.25, -0.2) is 9.67 Å². The molecule has 2 N–H and O–H groups in total. The number of nitrogens with zero attached hydrogens (tertiary/aromatic N) is 3. The van der Waals surface area contributed by atoms with Crippen LogP contribution < -0.4 is 5.32 Å². The molecule has 1 saturated heterocycles. The molecule has 146 valence electrons. The number of ether oxygens (including phenoxy) is 1. The van der Waals surface area contributed by atoms with E-state index in [0.717, 1.165) is 42.0 Å². The molecule has 5 rings (SSSR count). The topological polar surface area (TPSA) is 84.8 Å². The molecule has 8 heteroatoms. The van der Waals surface area contributed by atoms with Gasteiger partial charge in [-0.15, -0.1) is 0 Å². The summed E-state index contributed by atoms with van der Waals surface area (Å²) in [5.74, 6) is 0.597. The number of H-pyrrole nitrogens is 1. The SMILES string of the molecule is O=C(Nc1ccc2nc(C3CCCO3)[nH]c2c1)c1cnn(-c2cccc(Cl)c2)c1. The van der Waals surface area contributed by atoms with Crippen molar-refractivity contribution >= 4 is 34.2 Å². The first-order valence-corrected chi connectivity index (χ1v) is 9.77. The Morgan fingerprint density at radius 1 is 1.28 bits per heavy atom. The number of hydrogen-bond acceptors (Lipinski definition) is 4. The van der Waals surface area contributed by atoms with Gasteiger partial charge in [-0.05, 0) is 49.2 Å². The molecule has 1 aliphatic heterocycles. The average molecular weight is 408 g/mol. The van der Waals surface area contributed by atoms with Crippen LogP contribution in [0.1, 0.15) is 35.1 Å². The predicted molar refractivity (Wildman–Crippen MR) is 111 cm³/mol. The molecule has 1 aliphatic rings. The highest BCUT2D eigenvalue weighted by Crippen LogP contribution is 2.28. The first-order valence-electron chi connectivity index (χ1n) is 9.39. The van der Waals surface area contributed by atoms with Gasteiger partial charge in [0, 0.05) is 23.5 Å². The van der Waals surface area contributed by atoms with Crippen molar-refractivity contribution in [3.05, 3.63) is 71.3 Å². The summed E-state index contributed by atoms with van der Waals surface area (Å²) in [6.07, 6.45) is 5.25. The molecule has 4 aromatic rings. The summed E-state index contributed by atoms with van der Waals surface area (Å²) >= 11 is 6.03. The van der Waals surface area contributed by atoms with Gasteiger partial charge in [-0.2, -0.15) is 5.10 Å². The molecule has 2 aromatic heterocycles. The van der Waals surface area contributed by atoms with E-state index >= 15 is 0 Å². The average Bonchev–Trinajstić information content (AvgIpc) is 3.46. The minimum atomic E-state index is -0.239. The predicted octanol–water partition coefficient (Wildman–Crippen LogP) is 4.51. The summed E-state index contributed by atoms with van der Waals surface area (Å²) in [6.45, 7) is 0.770. The summed E-state index contributed by atoms with van der Waals surface area (Å²) in [5.41, 5.74) is 3.64. The van der Waals surface area contributed by atoms with E-state index in [9.17, 15) is 4.79 Å². The van der Waals surface area contributed by atoms with E-state index in [0.29, 0.717) is 16.3 Å². The van der Waals surface area contributed by atoms with Crippen LogP contribution in [0.2, 0.25) is 5.02 Å². The maximum atomic E-state index is 12.6. The lowest BCUT2D eigenvalue weighted by Crippen LogP contribution is -2.11. The van der Waals surface area contributed by atoms with Crippen LogP contribution in [0.25, 0.3) is 16.7 Å². The Kier molecular flexibility index (Phi) is 4.54. The van der Waals surface area contributed by atoms with Gasteiger partial charge in [0.15, 0.2) is 0 Å². The van der Waals surface area contributed by atoms with Crippen molar-refractivity contribution < 1.29 is 9.53 Å². The molecule has 3 heterocycles. The van der Waals surface area contributed by atoms with Gasteiger partial charge in [0.05, 0.1) is 28.5 Å².